The second-order valence-corrected chi connectivity index (χ2v) is 9.15. The third kappa shape index (κ3) is 4.46. The maximum atomic E-state index is 13.1. The lowest BCUT2D eigenvalue weighted by Gasteiger charge is -2.43. The normalized spacial score (nSPS) is 20.7. The molecule has 3 amide bonds. The largest absolute Gasteiger partial charge is 0.326 e. The fraction of sp³-hybridized carbons (Fsp3) is 0.435. The van der Waals surface area contributed by atoms with E-state index in [1.165, 1.54) is 0 Å². The number of carbonyl (C=O) groups excluding carboxylic acids is 2. The molecular formula is C23H27ClN4O3. The number of nitrogens with one attached hydrogen (secondary N) is 2. The van der Waals surface area contributed by atoms with Crippen LogP contribution in [-0.4, -0.2) is 40.5 Å². The standard InChI is InChI=1S/C23H27ClN4O3/c1-14(2)21(22(30)25-18-7-4-3-6-17(18)24)26-23(31)27-11-15-10-16(13-27)19-8-5-9-20(29)28(19)12-15/h3-9,14-16,21H,10-13H2,1-2H3,(H,25,30)(H,26,31)/t15?,16?,21-/m0/s1. The fourth-order valence-corrected chi connectivity index (χ4v) is 4.78. The first-order valence-corrected chi connectivity index (χ1v) is 11.0. The van der Waals surface area contributed by atoms with Gasteiger partial charge in [0.15, 0.2) is 0 Å². The molecule has 0 spiro atoms. The van der Waals surface area contributed by atoms with Gasteiger partial charge in [-0.1, -0.05) is 43.6 Å². The molecule has 0 aliphatic carbocycles. The highest BCUT2D eigenvalue weighted by atomic mass is 35.5. The number of nitrogens with zero attached hydrogens (tertiary/aromatic N) is 2. The molecule has 2 N–H and O–H groups in total. The topological polar surface area (TPSA) is 83.4 Å². The van der Waals surface area contributed by atoms with Crippen molar-refractivity contribution in [1.82, 2.24) is 14.8 Å². The first-order chi connectivity index (χ1) is 14.8. The average molecular weight is 443 g/mol. The highest BCUT2D eigenvalue weighted by Crippen LogP contribution is 2.35. The Labute approximate surface area is 186 Å². The monoisotopic (exact) mass is 442 g/mol. The number of rotatable bonds is 4. The number of anilines is 1. The third-order valence-electron chi connectivity index (χ3n) is 6.13. The van der Waals surface area contributed by atoms with Crippen molar-refractivity contribution in [2.45, 2.75) is 38.8 Å². The molecule has 1 fully saturated rings. The minimum Gasteiger partial charge on any atom is -0.326 e. The molecule has 31 heavy (non-hydrogen) atoms. The van der Waals surface area contributed by atoms with Gasteiger partial charge in [-0.3, -0.25) is 9.59 Å². The summed E-state index contributed by atoms with van der Waals surface area (Å²) in [6, 6.07) is 11.4. The summed E-state index contributed by atoms with van der Waals surface area (Å²) in [5.74, 6) is -0.0475. The zero-order chi connectivity index (χ0) is 22.1. The quantitative estimate of drug-likeness (QED) is 0.762. The van der Waals surface area contributed by atoms with Crippen LogP contribution in [0.4, 0.5) is 10.5 Å². The smallest absolute Gasteiger partial charge is 0.318 e. The van der Waals surface area contributed by atoms with Gasteiger partial charge in [0.2, 0.25) is 5.91 Å². The molecule has 1 saturated heterocycles. The number of hydrogen-bond acceptors (Lipinski definition) is 3. The Morgan fingerprint density at radius 2 is 1.84 bits per heavy atom. The van der Waals surface area contributed by atoms with Crippen molar-refractivity contribution in [3.63, 3.8) is 0 Å². The van der Waals surface area contributed by atoms with Crippen molar-refractivity contribution in [1.29, 1.82) is 0 Å². The Morgan fingerprint density at radius 3 is 2.58 bits per heavy atom. The molecule has 2 unspecified atom stereocenters. The Balaban J connectivity index is 1.46. The predicted octanol–water partition coefficient (Wildman–Crippen LogP) is 3.29. The van der Waals surface area contributed by atoms with E-state index in [2.05, 4.69) is 10.6 Å². The van der Waals surface area contributed by atoms with Crippen molar-refractivity contribution in [2.75, 3.05) is 18.4 Å². The molecular weight excluding hydrogens is 416 g/mol. The van der Waals surface area contributed by atoms with Crippen LogP contribution in [0.1, 0.15) is 31.9 Å². The average Bonchev–Trinajstić information content (AvgIpc) is 2.74. The molecule has 0 saturated carbocycles. The van der Waals surface area contributed by atoms with Gasteiger partial charge in [-0.2, -0.15) is 0 Å². The van der Waals surface area contributed by atoms with Crippen LogP contribution in [0.3, 0.4) is 0 Å². The molecule has 4 rings (SSSR count). The second kappa shape index (κ2) is 8.75. The summed E-state index contributed by atoms with van der Waals surface area (Å²) in [6.07, 6.45) is 0.966. The van der Waals surface area contributed by atoms with Gasteiger partial charge in [0, 0.05) is 37.3 Å². The first kappa shape index (κ1) is 21.4. The van der Waals surface area contributed by atoms with Crippen LogP contribution in [-0.2, 0) is 11.3 Å². The Morgan fingerprint density at radius 1 is 1.06 bits per heavy atom. The molecule has 1 aromatic carbocycles. The summed E-state index contributed by atoms with van der Waals surface area (Å²) in [4.78, 5) is 39.9. The summed E-state index contributed by atoms with van der Waals surface area (Å²) in [7, 11) is 0. The van der Waals surface area contributed by atoms with E-state index >= 15 is 0 Å². The summed E-state index contributed by atoms with van der Waals surface area (Å²) >= 11 is 6.15. The molecule has 2 aliphatic heterocycles. The molecule has 3 atom stereocenters. The van der Waals surface area contributed by atoms with Gasteiger partial charge in [0.05, 0.1) is 10.7 Å². The number of urea groups is 1. The number of fused-ring (bicyclic) bond motifs is 4. The summed E-state index contributed by atoms with van der Waals surface area (Å²) in [6.45, 7) is 5.51. The van der Waals surface area contributed by atoms with Gasteiger partial charge in [-0.25, -0.2) is 4.79 Å². The van der Waals surface area contributed by atoms with Crippen LogP contribution >= 0.6 is 11.6 Å². The van der Waals surface area contributed by atoms with E-state index in [-0.39, 0.29) is 35.3 Å². The van der Waals surface area contributed by atoms with Gasteiger partial charge < -0.3 is 20.1 Å². The van der Waals surface area contributed by atoms with Crippen LogP contribution in [0, 0.1) is 11.8 Å². The van der Waals surface area contributed by atoms with E-state index < -0.39 is 6.04 Å². The van der Waals surface area contributed by atoms with E-state index in [1.807, 2.05) is 24.5 Å². The number of likely N-dealkylation sites (tertiary alicyclic amines) is 1. The fourth-order valence-electron chi connectivity index (χ4n) is 4.59. The number of carbonyl (C=O) groups is 2. The van der Waals surface area contributed by atoms with Crippen molar-refractivity contribution in [3.8, 4) is 0 Å². The first-order valence-electron chi connectivity index (χ1n) is 10.6. The number of pyridine rings is 1. The second-order valence-electron chi connectivity index (χ2n) is 8.74. The molecule has 0 radical (unpaired) electrons. The molecule has 1 aromatic heterocycles. The van der Waals surface area contributed by atoms with Gasteiger partial charge in [-0.15, -0.1) is 0 Å². The molecule has 7 nitrogen and oxygen atoms in total. The third-order valence-corrected chi connectivity index (χ3v) is 6.46. The molecule has 2 bridgehead atoms. The maximum Gasteiger partial charge on any atom is 0.318 e. The summed E-state index contributed by atoms with van der Waals surface area (Å²) in [5, 5.41) is 6.18. The molecule has 164 valence electrons. The summed E-state index contributed by atoms with van der Waals surface area (Å²) in [5.41, 5.74) is 1.52. The number of hydrogen-bond donors (Lipinski definition) is 2. The van der Waals surface area contributed by atoms with E-state index in [9.17, 15) is 14.4 Å². The molecule has 8 heteroatoms. The number of piperidine rings is 1. The molecule has 2 aliphatic rings. The zero-order valence-corrected chi connectivity index (χ0v) is 18.4. The van der Waals surface area contributed by atoms with Crippen molar-refractivity contribution >= 4 is 29.2 Å². The number of halogens is 1. The van der Waals surface area contributed by atoms with Crippen molar-refractivity contribution in [2.24, 2.45) is 11.8 Å². The lowest BCUT2D eigenvalue weighted by molar-refractivity contribution is -0.118. The van der Waals surface area contributed by atoms with E-state index in [0.717, 1.165) is 12.1 Å². The van der Waals surface area contributed by atoms with E-state index in [4.69, 9.17) is 11.6 Å². The van der Waals surface area contributed by atoms with E-state index in [0.29, 0.717) is 30.3 Å². The van der Waals surface area contributed by atoms with Crippen molar-refractivity contribution in [3.05, 3.63) is 63.5 Å². The van der Waals surface area contributed by atoms with Crippen LogP contribution in [0.5, 0.6) is 0 Å². The lowest BCUT2D eigenvalue weighted by Crippen LogP contribution is -2.56. The Bertz CT molecular complexity index is 1050. The van der Waals surface area contributed by atoms with Gasteiger partial charge in [0.25, 0.3) is 5.56 Å². The number of benzene rings is 1. The van der Waals surface area contributed by atoms with Crippen LogP contribution in [0.2, 0.25) is 5.02 Å². The van der Waals surface area contributed by atoms with E-state index in [1.54, 1.807) is 41.3 Å². The van der Waals surface area contributed by atoms with Gasteiger partial charge in [0.1, 0.15) is 6.04 Å². The maximum absolute atomic E-state index is 13.1. The highest BCUT2D eigenvalue weighted by molar-refractivity contribution is 6.33. The van der Waals surface area contributed by atoms with Crippen LogP contribution in [0.25, 0.3) is 0 Å². The number of aromatic nitrogens is 1. The Hall–Kier alpha value is -2.80. The number of para-hydroxylation sites is 1. The molecule has 3 heterocycles. The Kier molecular flexibility index (Phi) is 6.05. The lowest BCUT2D eigenvalue weighted by atomic mass is 9.83. The number of amides is 3. The minimum absolute atomic E-state index is 0.0150. The van der Waals surface area contributed by atoms with Crippen LogP contribution in [0.15, 0.2) is 47.3 Å². The summed E-state index contributed by atoms with van der Waals surface area (Å²) < 4.78 is 1.84. The van der Waals surface area contributed by atoms with Crippen LogP contribution < -0.4 is 16.2 Å². The highest BCUT2D eigenvalue weighted by Gasteiger charge is 2.37. The SMILES string of the molecule is CC(C)[C@H](NC(=O)N1CC2CC(C1)c1cccc(=O)n1C2)C(=O)Nc1ccccc1Cl. The zero-order valence-electron chi connectivity index (χ0n) is 17.7. The molecule has 2 aromatic rings. The predicted molar refractivity (Wildman–Crippen MR) is 120 cm³/mol. The van der Waals surface area contributed by atoms with Gasteiger partial charge in [-0.05, 0) is 36.5 Å². The van der Waals surface area contributed by atoms with Crippen molar-refractivity contribution < 1.29 is 9.59 Å². The minimum atomic E-state index is -0.694. The van der Waals surface area contributed by atoms with Gasteiger partial charge >= 0.3 is 6.03 Å².